The Hall–Kier alpha value is -0.940. The average Bonchev–Trinajstić information content (AvgIpc) is 2.02. The molecule has 0 aromatic rings. The summed E-state index contributed by atoms with van der Waals surface area (Å²) in [4.78, 5) is 10.4. The highest BCUT2D eigenvalue weighted by molar-refractivity contribution is 5.96. The highest BCUT2D eigenvalue weighted by Crippen LogP contribution is 2.36. The van der Waals surface area contributed by atoms with E-state index in [-0.39, 0.29) is 6.08 Å². The van der Waals surface area contributed by atoms with Gasteiger partial charge in [-0.25, -0.2) is 0 Å². The zero-order valence-corrected chi connectivity index (χ0v) is 7.37. The maximum absolute atomic E-state index is 12.2. The molecule has 82 valence electrons. The lowest BCUT2D eigenvalue weighted by Crippen LogP contribution is -2.43. The van der Waals surface area contributed by atoms with E-state index in [1.54, 1.807) is 6.92 Å². The topological polar surface area (TPSA) is 17.1 Å². The quantitative estimate of drug-likeness (QED) is 0.521. The summed E-state index contributed by atoms with van der Waals surface area (Å²) in [6, 6.07) is 0. The van der Waals surface area contributed by atoms with Gasteiger partial charge in [0.15, 0.2) is 0 Å². The summed E-state index contributed by atoms with van der Waals surface area (Å²) < 4.78 is 59.2. The third kappa shape index (κ3) is 3.08. The molecule has 0 saturated heterocycles. The Morgan fingerprint density at radius 3 is 2.07 bits per heavy atom. The molecule has 0 bridgehead atoms. The molecule has 0 radical (unpaired) electrons. The summed E-state index contributed by atoms with van der Waals surface area (Å²) in [7, 11) is 0. The van der Waals surface area contributed by atoms with Gasteiger partial charge in [0.25, 0.3) is 0 Å². The lowest BCUT2D eigenvalue weighted by Gasteiger charge is -2.15. The van der Waals surface area contributed by atoms with Gasteiger partial charge in [-0.1, -0.05) is 19.4 Å². The Balaban J connectivity index is 4.52. The number of rotatable bonds is 4. The Labute approximate surface area is 77.6 Å². The largest absolute Gasteiger partial charge is 0.461 e. The molecule has 0 heterocycles. The van der Waals surface area contributed by atoms with Gasteiger partial charge in [0.1, 0.15) is 0 Å². The van der Waals surface area contributed by atoms with Crippen LogP contribution in [0.25, 0.3) is 0 Å². The molecule has 6 heteroatoms. The fourth-order valence-corrected chi connectivity index (χ4v) is 0.601. The van der Waals surface area contributed by atoms with E-state index in [1.165, 1.54) is 0 Å². The first kappa shape index (κ1) is 13.1. The van der Waals surface area contributed by atoms with Crippen molar-refractivity contribution in [2.45, 2.75) is 31.9 Å². The van der Waals surface area contributed by atoms with Crippen molar-refractivity contribution in [3.8, 4) is 0 Å². The number of carbonyl (C=O) groups is 1. The molecule has 0 spiro atoms. The fourth-order valence-electron chi connectivity index (χ4n) is 0.601. The molecule has 0 rings (SSSR count). The normalized spacial score (nSPS) is 13.6. The molecule has 0 aliphatic heterocycles. The Bertz CT molecular complexity index is 228. The minimum Gasteiger partial charge on any atom is -0.288 e. The average molecular weight is 216 g/mol. The number of alkyl halides is 5. The molecule has 0 aliphatic rings. The summed E-state index contributed by atoms with van der Waals surface area (Å²) in [5, 5.41) is 0. The molecule has 1 nitrogen and oxygen atoms in total. The molecule has 0 fully saturated rings. The first-order chi connectivity index (χ1) is 6.23. The minimum atomic E-state index is -5.82. The fraction of sp³-hybridized carbons (Fsp3) is 0.625. The summed E-state index contributed by atoms with van der Waals surface area (Å²) in [6.07, 6.45) is -3.68. The van der Waals surface area contributed by atoms with Gasteiger partial charge >= 0.3 is 12.1 Å². The number of halogens is 5. The van der Waals surface area contributed by atoms with Gasteiger partial charge in [0.2, 0.25) is 5.78 Å². The van der Waals surface area contributed by atoms with E-state index in [9.17, 15) is 26.7 Å². The smallest absolute Gasteiger partial charge is 0.288 e. The Kier molecular flexibility index (Phi) is 4.22. The summed E-state index contributed by atoms with van der Waals surface area (Å²) >= 11 is 0. The van der Waals surface area contributed by atoms with Crippen molar-refractivity contribution in [3.05, 3.63) is 12.2 Å². The maximum atomic E-state index is 12.2. The van der Waals surface area contributed by atoms with E-state index in [4.69, 9.17) is 0 Å². The van der Waals surface area contributed by atoms with Crippen LogP contribution in [0.4, 0.5) is 22.0 Å². The van der Waals surface area contributed by atoms with E-state index < -0.39 is 17.9 Å². The van der Waals surface area contributed by atoms with Crippen LogP contribution in [0.3, 0.4) is 0 Å². The first-order valence-corrected chi connectivity index (χ1v) is 3.89. The van der Waals surface area contributed by atoms with Crippen LogP contribution in [0.5, 0.6) is 0 Å². The zero-order valence-electron chi connectivity index (χ0n) is 7.37. The second-order valence-corrected chi connectivity index (χ2v) is 2.63. The first-order valence-electron chi connectivity index (χ1n) is 3.89. The van der Waals surface area contributed by atoms with Gasteiger partial charge in [-0.05, 0) is 12.5 Å². The molecule has 0 N–H and O–H groups in total. The molecule has 0 saturated carbocycles. The molecule has 14 heavy (non-hydrogen) atoms. The third-order valence-electron chi connectivity index (χ3n) is 1.39. The number of unbranched alkanes of at least 4 members (excludes halogenated alkanes) is 1. The van der Waals surface area contributed by atoms with Gasteiger partial charge in [0.05, 0.1) is 0 Å². The van der Waals surface area contributed by atoms with Crippen LogP contribution in [0.15, 0.2) is 12.2 Å². The van der Waals surface area contributed by atoms with Crippen LogP contribution in [0.2, 0.25) is 0 Å². The van der Waals surface area contributed by atoms with Crippen LogP contribution >= 0.6 is 0 Å². The number of hydrogen-bond donors (Lipinski definition) is 0. The van der Waals surface area contributed by atoms with E-state index in [1.807, 2.05) is 0 Å². The van der Waals surface area contributed by atoms with E-state index in [0.29, 0.717) is 12.8 Å². The Morgan fingerprint density at radius 1 is 1.21 bits per heavy atom. The van der Waals surface area contributed by atoms with E-state index in [2.05, 4.69) is 0 Å². The van der Waals surface area contributed by atoms with Crippen LogP contribution in [-0.2, 0) is 4.79 Å². The number of ketones is 1. The number of allylic oxidation sites excluding steroid dienone is 2. The molecule has 0 aliphatic carbocycles. The SMILES string of the molecule is CCCC=CC(=O)C(F)(F)C(F)(F)F. The molecule has 0 atom stereocenters. The van der Waals surface area contributed by atoms with E-state index in [0.717, 1.165) is 6.08 Å². The molecular weight excluding hydrogens is 207 g/mol. The predicted octanol–water partition coefficient (Wildman–Crippen LogP) is 3.11. The zero-order chi connectivity index (χ0) is 11.4. The van der Waals surface area contributed by atoms with Crippen LogP contribution in [0.1, 0.15) is 19.8 Å². The lowest BCUT2D eigenvalue weighted by atomic mass is 10.2. The van der Waals surface area contributed by atoms with Crippen LogP contribution in [-0.4, -0.2) is 17.9 Å². The minimum absolute atomic E-state index is 0.275. The Morgan fingerprint density at radius 2 is 1.71 bits per heavy atom. The summed E-state index contributed by atoms with van der Waals surface area (Å²) in [6.45, 7) is 1.71. The number of carbonyl (C=O) groups excluding carboxylic acids is 1. The standard InChI is InChI=1S/C8H9F5O/c1-2-3-4-5-6(14)7(9,10)8(11,12)13/h4-5H,2-3H2,1H3. The van der Waals surface area contributed by atoms with Crippen molar-refractivity contribution >= 4 is 5.78 Å². The molecule has 0 unspecified atom stereocenters. The number of hydrogen-bond acceptors (Lipinski definition) is 1. The van der Waals surface area contributed by atoms with Crippen LogP contribution in [0, 0.1) is 0 Å². The van der Waals surface area contributed by atoms with Gasteiger partial charge in [-0.15, -0.1) is 0 Å². The monoisotopic (exact) mass is 216 g/mol. The van der Waals surface area contributed by atoms with Crippen molar-refractivity contribution in [1.82, 2.24) is 0 Å². The van der Waals surface area contributed by atoms with E-state index >= 15 is 0 Å². The predicted molar refractivity (Wildman–Crippen MR) is 40.1 cm³/mol. The maximum Gasteiger partial charge on any atom is 0.461 e. The van der Waals surface area contributed by atoms with Gasteiger partial charge < -0.3 is 0 Å². The second-order valence-electron chi connectivity index (χ2n) is 2.63. The molecule has 0 aromatic carbocycles. The van der Waals surface area contributed by atoms with Gasteiger partial charge in [0, 0.05) is 0 Å². The van der Waals surface area contributed by atoms with Crippen molar-refractivity contribution in [2.75, 3.05) is 0 Å². The third-order valence-corrected chi connectivity index (χ3v) is 1.39. The molecular formula is C8H9F5O. The highest BCUT2D eigenvalue weighted by atomic mass is 19.4. The van der Waals surface area contributed by atoms with Gasteiger partial charge in [-0.2, -0.15) is 22.0 Å². The summed E-state index contributed by atoms with van der Waals surface area (Å²) in [5.74, 6) is -7.50. The second kappa shape index (κ2) is 4.52. The van der Waals surface area contributed by atoms with Crippen LogP contribution < -0.4 is 0 Å². The van der Waals surface area contributed by atoms with Crippen molar-refractivity contribution in [2.24, 2.45) is 0 Å². The molecule has 0 amide bonds. The van der Waals surface area contributed by atoms with Crippen molar-refractivity contribution in [1.29, 1.82) is 0 Å². The van der Waals surface area contributed by atoms with Crippen molar-refractivity contribution in [3.63, 3.8) is 0 Å². The van der Waals surface area contributed by atoms with Gasteiger partial charge in [-0.3, -0.25) is 4.79 Å². The molecule has 0 aromatic heterocycles. The van der Waals surface area contributed by atoms with Crippen molar-refractivity contribution < 1.29 is 26.7 Å². The highest BCUT2D eigenvalue weighted by Gasteiger charge is 2.62. The summed E-state index contributed by atoms with van der Waals surface area (Å²) in [5.41, 5.74) is 0. The lowest BCUT2D eigenvalue weighted by molar-refractivity contribution is -0.266.